The SMILES string of the molecule is CCNC(=NCC(c1ccccc1)N(CC)CC)N1CCC(COCCOC)C1. The molecule has 0 bridgehead atoms. The number of hydrogen-bond acceptors (Lipinski definition) is 4. The number of aliphatic imine (C=N–C) groups is 1. The van der Waals surface area contributed by atoms with Gasteiger partial charge in [-0.2, -0.15) is 0 Å². The summed E-state index contributed by atoms with van der Waals surface area (Å²) in [6.45, 7) is 14.4. The Morgan fingerprint density at radius 2 is 1.97 bits per heavy atom. The first-order valence-electron chi connectivity index (χ1n) is 11.1. The van der Waals surface area contributed by atoms with Crippen molar-refractivity contribution in [1.82, 2.24) is 15.1 Å². The molecule has 2 unspecified atom stereocenters. The van der Waals surface area contributed by atoms with Gasteiger partial charge in [-0.25, -0.2) is 0 Å². The van der Waals surface area contributed by atoms with Crippen LogP contribution in [0, 0.1) is 5.92 Å². The highest BCUT2D eigenvalue weighted by Crippen LogP contribution is 2.22. The number of rotatable bonds is 12. The molecule has 1 aromatic carbocycles. The van der Waals surface area contributed by atoms with Crippen LogP contribution in [0.2, 0.25) is 0 Å². The van der Waals surface area contributed by atoms with E-state index in [1.165, 1.54) is 5.56 Å². The fraction of sp³-hybridized carbons (Fsp3) is 0.696. The fourth-order valence-electron chi connectivity index (χ4n) is 3.92. The van der Waals surface area contributed by atoms with E-state index in [1.807, 2.05) is 0 Å². The highest BCUT2D eigenvalue weighted by Gasteiger charge is 2.25. The Kier molecular flexibility index (Phi) is 11.1. The van der Waals surface area contributed by atoms with Crippen molar-refractivity contribution < 1.29 is 9.47 Å². The van der Waals surface area contributed by atoms with E-state index in [0.29, 0.717) is 25.2 Å². The molecule has 2 rings (SSSR count). The largest absolute Gasteiger partial charge is 0.382 e. The van der Waals surface area contributed by atoms with Crippen molar-refractivity contribution in [2.45, 2.75) is 33.2 Å². The van der Waals surface area contributed by atoms with Crippen molar-refractivity contribution in [2.24, 2.45) is 10.9 Å². The maximum Gasteiger partial charge on any atom is 0.193 e. The van der Waals surface area contributed by atoms with E-state index < -0.39 is 0 Å². The number of methoxy groups -OCH3 is 1. The molecule has 1 saturated heterocycles. The zero-order valence-electron chi connectivity index (χ0n) is 18.8. The third kappa shape index (κ3) is 7.61. The van der Waals surface area contributed by atoms with Crippen LogP contribution in [0.3, 0.4) is 0 Å². The summed E-state index contributed by atoms with van der Waals surface area (Å²) in [5.41, 5.74) is 1.33. The van der Waals surface area contributed by atoms with Crippen molar-refractivity contribution >= 4 is 5.96 Å². The lowest BCUT2D eigenvalue weighted by Crippen LogP contribution is -2.41. The normalized spacial score (nSPS) is 18.4. The second kappa shape index (κ2) is 13.6. The summed E-state index contributed by atoms with van der Waals surface area (Å²) in [6.07, 6.45) is 1.15. The van der Waals surface area contributed by atoms with E-state index >= 15 is 0 Å². The Labute approximate surface area is 177 Å². The van der Waals surface area contributed by atoms with Gasteiger partial charge in [0.15, 0.2) is 5.96 Å². The summed E-state index contributed by atoms with van der Waals surface area (Å²) in [4.78, 5) is 9.93. The Balaban J connectivity index is 2.02. The molecule has 1 aliphatic heterocycles. The van der Waals surface area contributed by atoms with E-state index in [2.05, 4.69) is 66.2 Å². The van der Waals surface area contributed by atoms with Gasteiger partial charge in [0.1, 0.15) is 0 Å². The molecule has 0 saturated carbocycles. The number of likely N-dealkylation sites (N-methyl/N-ethyl adjacent to an activating group) is 1. The lowest BCUT2D eigenvalue weighted by atomic mass is 10.1. The van der Waals surface area contributed by atoms with Gasteiger partial charge in [0.2, 0.25) is 0 Å². The van der Waals surface area contributed by atoms with Crippen LogP contribution in [0.1, 0.15) is 38.8 Å². The minimum Gasteiger partial charge on any atom is -0.382 e. The molecular weight excluding hydrogens is 364 g/mol. The van der Waals surface area contributed by atoms with Crippen molar-refractivity contribution in [3.8, 4) is 0 Å². The molecule has 1 aliphatic rings. The van der Waals surface area contributed by atoms with E-state index in [9.17, 15) is 0 Å². The van der Waals surface area contributed by atoms with Gasteiger partial charge in [0.05, 0.1) is 32.4 Å². The molecule has 6 heteroatoms. The van der Waals surface area contributed by atoms with Crippen molar-refractivity contribution in [3.05, 3.63) is 35.9 Å². The van der Waals surface area contributed by atoms with Crippen LogP contribution in [0.25, 0.3) is 0 Å². The van der Waals surface area contributed by atoms with Crippen molar-refractivity contribution in [3.63, 3.8) is 0 Å². The average Bonchev–Trinajstić information content (AvgIpc) is 3.22. The summed E-state index contributed by atoms with van der Waals surface area (Å²) in [5, 5.41) is 3.50. The van der Waals surface area contributed by atoms with Gasteiger partial charge in [0, 0.05) is 32.7 Å². The number of likely N-dealkylation sites (tertiary alicyclic amines) is 1. The molecule has 1 N–H and O–H groups in total. The Morgan fingerprint density at radius 3 is 2.62 bits per heavy atom. The Bertz CT molecular complexity index is 578. The monoisotopic (exact) mass is 404 g/mol. The molecule has 2 atom stereocenters. The van der Waals surface area contributed by atoms with Crippen LogP contribution in [0.15, 0.2) is 35.3 Å². The molecule has 0 aliphatic carbocycles. The second-order valence-corrected chi connectivity index (χ2v) is 7.51. The molecule has 164 valence electrons. The average molecular weight is 405 g/mol. The van der Waals surface area contributed by atoms with Crippen molar-refractivity contribution in [1.29, 1.82) is 0 Å². The predicted molar refractivity (Wildman–Crippen MR) is 120 cm³/mol. The Hall–Kier alpha value is -1.63. The summed E-state index contributed by atoms with van der Waals surface area (Å²) >= 11 is 0. The maximum absolute atomic E-state index is 5.74. The molecule has 6 nitrogen and oxygen atoms in total. The summed E-state index contributed by atoms with van der Waals surface area (Å²) < 4.78 is 10.8. The molecule has 0 amide bonds. The van der Waals surface area contributed by atoms with Crippen LogP contribution < -0.4 is 5.32 Å². The summed E-state index contributed by atoms with van der Waals surface area (Å²) in [5.74, 6) is 1.59. The minimum atomic E-state index is 0.302. The summed E-state index contributed by atoms with van der Waals surface area (Å²) in [7, 11) is 1.71. The van der Waals surface area contributed by atoms with Gasteiger partial charge in [0.25, 0.3) is 0 Å². The number of hydrogen-bond donors (Lipinski definition) is 1. The first-order valence-corrected chi connectivity index (χ1v) is 11.1. The van der Waals surface area contributed by atoms with Crippen LogP contribution in [-0.2, 0) is 9.47 Å². The van der Waals surface area contributed by atoms with Crippen LogP contribution >= 0.6 is 0 Å². The van der Waals surface area contributed by atoms with Crippen LogP contribution in [-0.4, -0.2) is 82.0 Å². The standard InChI is InChI=1S/C23H40N4O2/c1-5-24-23(27-14-13-20(18-27)19-29-16-15-28-4)25-17-22(26(6-2)7-3)21-11-9-8-10-12-21/h8-12,20,22H,5-7,13-19H2,1-4H3,(H,24,25). The third-order valence-electron chi connectivity index (χ3n) is 5.56. The topological polar surface area (TPSA) is 49.3 Å². The molecule has 0 aromatic heterocycles. The molecule has 1 fully saturated rings. The third-order valence-corrected chi connectivity index (χ3v) is 5.56. The molecule has 0 spiro atoms. The molecule has 1 aromatic rings. The van der Waals surface area contributed by atoms with Gasteiger partial charge >= 0.3 is 0 Å². The zero-order valence-corrected chi connectivity index (χ0v) is 18.8. The minimum absolute atomic E-state index is 0.302. The first kappa shape index (κ1) is 23.6. The van der Waals surface area contributed by atoms with Crippen LogP contribution in [0.5, 0.6) is 0 Å². The van der Waals surface area contributed by atoms with Crippen molar-refractivity contribution in [2.75, 3.05) is 66.2 Å². The highest BCUT2D eigenvalue weighted by atomic mass is 16.5. The number of benzene rings is 1. The van der Waals surface area contributed by atoms with Gasteiger partial charge in [-0.1, -0.05) is 44.2 Å². The molecule has 1 heterocycles. The van der Waals surface area contributed by atoms with E-state index in [4.69, 9.17) is 14.5 Å². The smallest absolute Gasteiger partial charge is 0.193 e. The number of guanidine groups is 1. The molecule has 29 heavy (non-hydrogen) atoms. The maximum atomic E-state index is 5.74. The number of nitrogens with one attached hydrogen (secondary N) is 1. The summed E-state index contributed by atoms with van der Waals surface area (Å²) in [6, 6.07) is 11.1. The molecule has 0 radical (unpaired) electrons. The first-order chi connectivity index (χ1) is 14.2. The van der Waals surface area contributed by atoms with Gasteiger partial charge in [-0.15, -0.1) is 0 Å². The van der Waals surface area contributed by atoms with Gasteiger partial charge in [-0.05, 0) is 32.0 Å². The Morgan fingerprint density at radius 1 is 1.21 bits per heavy atom. The highest BCUT2D eigenvalue weighted by molar-refractivity contribution is 5.80. The van der Waals surface area contributed by atoms with Crippen LogP contribution in [0.4, 0.5) is 0 Å². The van der Waals surface area contributed by atoms with Gasteiger partial charge in [-0.3, -0.25) is 9.89 Å². The second-order valence-electron chi connectivity index (χ2n) is 7.51. The van der Waals surface area contributed by atoms with Gasteiger partial charge < -0.3 is 19.7 Å². The molecular formula is C23H40N4O2. The van der Waals surface area contributed by atoms with E-state index in [0.717, 1.165) is 58.3 Å². The predicted octanol–water partition coefficient (Wildman–Crippen LogP) is 3.02. The zero-order chi connectivity index (χ0) is 20.9. The number of nitrogens with zero attached hydrogens (tertiary/aromatic N) is 3. The van der Waals surface area contributed by atoms with E-state index in [-0.39, 0.29) is 0 Å². The lowest BCUT2D eigenvalue weighted by Gasteiger charge is -2.30. The quantitative estimate of drug-likeness (QED) is 0.330. The fourth-order valence-corrected chi connectivity index (χ4v) is 3.92. The number of ether oxygens (including phenoxy) is 2. The lowest BCUT2D eigenvalue weighted by molar-refractivity contribution is 0.0536. The van der Waals surface area contributed by atoms with E-state index in [1.54, 1.807) is 7.11 Å².